The van der Waals surface area contributed by atoms with Crippen molar-refractivity contribution in [1.29, 1.82) is 0 Å². The van der Waals surface area contributed by atoms with Crippen LogP contribution in [0.25, 0.3) is 33.1 Å². The summed E-state index contributed by atoms with van der Waals surface area (Å²) < 4.78 is 13.7. The fourth-order valence-corrected chi connectivity index (χ4v) is 6.84. The van der Waals surface area contributed by atoms with Crippen molar-refractivity contribution in [3.8, 4) is 11.1 Å². The van der Waals surface area contributed by atoms with Crippen LogP contribution in [0.1, 0.15) is 41.3 Å². The number of piperidine rings is 1. The average molecular weight is 535 g/mol. The molecule has 2 aliphatic heterocycles. The summed E-state index contributed by atoms with van der Waals surface area (Å²) in [6.45, 7) is 5.76. The van der Waals surface area contributed by atoms with Gasteiger partial charge in [-0.05, 0) is 55.9 Å². The van der Waals surface area contributed by atoms with Crippen molar-refractivity contribution in [1.82, 2.24) is 9.47 Å². The molecule has 1 amide bonds. The largest absolute Gasteiger partial charge is 0.461 e. The van der Waals surface area contributed by atoms with Crippen LogP contribution < -0.4 is 11.2 Å². The van der Waals surface area contributed by atoms with Crippen LogP contribution in [0.5, 0.6) is 0 Å². The Kier molecular flexibility index (Phi) is 5.77. The predicted octanol–water partition coefficient (Wildman–Crippen LogP) is 5.56. The van der Waals surface area contributed by atoms with Gasteiger partial charge in [0, 0.05) is 71.7 Å². The van der Waals surface area contributed by atoms with E-state index in [9.17, 15) is 14.4 Å². The first-order valence-corrected chi connectivity index (χ1v) is 13.9. The number of rotatable bonds is 4. The Morgan fingerprint density at radius 1 is 0.900 bits per heavy atom. The number of fused-ring (bicyclic) bond motifs is 6. The molecule has 202 valence electrons. The van der Waals surface area contributed by atoms with E-state index in [1.54, 1.807) is 18.2 Å². The van der Waals surface area contributed by atoms with E-state index in [-0.39, 0.29) is 29.7 Å². The normalized spacial score (nSPS) is 18.3. The zero-order chi connectivity index (χ0) is 27.5. The molecular formula is C33H30N2O5. The first-order valence-electron chi connectivity index (χ1n) is 13.9. The Morgan fingerprint density at radius 3 is 2.52 bits per heavy atom. The highest BCUT2D eigenvalue weighted by Gasteiger charge is 2.36. The van der Waals surface area contributed by atoms with E-state index in [4.69, 9.17) is 8.83 Å². The molecule has 1 unspecified atom stereocenters. The van der Waals surface area contributed by atoms with Crippen LogP contribution in [0.3, 0.4) is 0 Å². The molecular weight excluding hydrogens is 504 g/mol. The maximum atomic E-state index is 13.4. The van der Waals surface area contributed by atoms with Gasteiger partial charge in [-0.3, -0.25) is 9.59 Å². The summed E-state index contributed by atoms with van der Waals surface area (Å²) in [5.41, 5.74) is 5.26. The van der Waals surface area contributed by atoms with E-state index >= 15 is 0 Å². The number of carbonyl (C=O) groups excluding carboxylic acids is 1. The lowest BCUT2D eigenvalue weighted by atomic mass is 9.83. The summed E-state index contributed by atoms with van der Waals surface area (Å²) in [5, 5.41) is 1.82. The van der Waals surface area contributed by atoms with E-state index in [2.05, 4.69) is 12.1 Å². The van der Waals surface area contributed by atoms with Crippen molar-refractivity contribution in [2.75, 3.05) is 13.1 Å². The number of pyridine rings is 1. The number of amides is 1. The third-order valence-corrected chi connectivity index (χ3v) is 8.76. The van der Waals surface area contributed by atoms with E-state index in [0.29, 0.717) is 42.8 Å². The minimum atomic E-state index is -0.410. The highest BCUT2D eigenvalue weighted by Crippen LogP contribution is 2.38. The van der Waals surface area contributed by atoms with Gasteiger partial charge in [0.2, 0.25) is 5.91 Å². The van der Waals surface area contributed by atoms with Crippen molar-refractivity contribution in [2.24, 2.45) is 5.92 Å². The Labute approximate surface area is 230 Å². The standard InChI is InChI=1S/C33H30N2O5/c1-19-24(11-12-30(36)34-16-21-13-23(18-34)27-9-6-10-31(37)35(27)17-21)33(38)40-28-15-29-26(14-25(19)28)32(20(2)39-29)22-7-4-3-5-8-22/h3-10,14-15,21,23H,11-13,16-18H2,1-2H3/t21-,23?/m1/s1. The zero-order valence-electron chi connectivity index (χ0n) is 22.6. The third kappa shape index (κ3) is 3.99. The summed E-state index contributed by atoms with van der Waals surface area (Å²) in [4.78, 5) is 40.7. The first kappa shape index (κ1) is 24.6. The minimum absolute atomic E-state index is 0.0317. The van der Waals surface area contributed by atoms with Gasteiger partial charge in [0.1, 0.15) is 16.9 Å². The van der Waals surface area contributed by atoms with Gasteiger partial charge in [0.15, 0.2) is 0 Å². The second kappa shape index (κ2) is 9.37. The summed E-state index contributed by atoms with van der Waals surface area (Å²) >= 11 is 0. The molecule has 0 radical (unpaired) electrons. The summed E-state index contributed by atoms with van der Waals surface area (Å²) in [6, 6.07) is 19.3. The van der Waals surface area contributed by atoms with Crippen LogP contribution in [-0.2, 0) is 17.8 Å². The second-order valence-corrected chi connectivity index (χ2v) is 11.2. The molecule has 0 saturated carbocycles. The number of nitrogens with zero attached hydrogens (tertiary/aromatic N) is 2. The zero-order valence-corrected chi connectivity index (χ0v) is 22.6. The van der Waals surface area contributed by atoms with Crippen LogP contribution in [0, 0.1) is 19.8 Å². The molecule has 0 spiro atoms. The number of aryl methyl sites for hydroxylation is 2. The molecule has 2 atom stereocenters. The number of benzene rings is 2. The highest BCUT2D eigenvalue weighted by molar-refractivity contribution is 6.03. The van der Waals surface area contributed by atoms with E-state index < -0.39 is 5.63 Å². The first-order chi connectivity index (χ1) is 19.4. The van der Waals surface area contributed by atoms with E-state index in [1.165, 1.54) is 0 Å². The molecule has 1 fully saturated rings. The Bertz CT molecular complexity index is 1910. The van der Waals surface area contributed by atoms with Crippen LogP contribution in [-0.4, -0.2) is 28.5 Å². The van der Waals surface area contributed by atoms with Gasteiger partial charge in [0.25, 0.3) is 5.56 Å². The van der Waals surface area contributed by atoms with Crippen LogP contribution >= 0.6 is 0 Å². The molecule has 1 saturated heterocycles. The molecule has 3 aromatic heterocycles. The van der Waals surface area contributed by atoms with E-state index in [1.807, 2.05) is 53.6 Å². The van der Waals surface area contributed by atoms with Gasteiger partial charge in [-0.1, -0.05) is 36.4 Å². The van der Waals surface area contributed by atoms with Crippen LogP contribution in [0.2, 0.25) is 0 Å². The molecule has 0 aliphatic carbocycles. The topological polar surface area (TPSA) is 85.7 Å². The van der Waals surface area contributed by atoms with E-state index in [0.717, 1.165) is 45.3 Å². The molecule has 0 N–H and O–H groups in total. The summed E-state index contributed by atoms with van der Waals surface area (Å²) in [6.07, 6.45) is 1.55. The van der Waals surface area contributed by atoms with Gasteiger partial charge in [-0.25, -0.2) is 4.79 Å². The van der Waals surface area contributed by atoms with Crippen LogP contribution in [0.15, 0.2) is 79.1 Å². The van der Waals surface area contributed by atoms with Crippen LogP contribution in [0.4, 0.5) is 0 Å². The van der Waals surface area contributed by atoms with Crippen molar-refractivity contribution in [3.05, 3.63) is 104 Å². The molecule has 2 aromatic carbocycles. The number of hydrogen-bond acceptors (Lipinski definition) is 5. The Hall–Kier alpha value is -4.39. The Morgan fingerprint density at radius 2 is 1.70 bits per heavy atom. The number of likely N-dealkylation sites (tertiary alicyclic amines) is 1. The fourth-order valence-electron chi connectivity index (χ4n) is 6.84. The van der Waals surface area contributed by atoms with Gasteiger partial charge in [-0.15, -0.1) is 0 Å². The lowest BCUT2D eigenvalue weighted by Gasteiger charge is -2.42. The van der Waals surface area contributed by atoms with Gasteiger partial charge >= 0.3 is 5.63 Å². The smallest absolute Gasteiger partial charge is 0.339 e. The van der Waals surface area contributed by atoms with Crippen molar-refractivity contribution >= 4 is 27.8 Å². The lowest BCUT2D eigenvalue weighted by Crippen LogP contribution is -2.49. The number of carbonyl (C=O) groups is 1. The summed E-state index contributed by atoms with van der Waals surface area (Å²) in [5.74, 6) is 1.27. The predicted molar refractivity (Wildman–Crippen MR) is 154 cm³/mol. The van der Waals surface area contributed by atoms with Gasteiger partial charge in [0.05, 0.1) is 0 Å². The quantitative estimate of drug-likeness (QED) is 0.282. The molecule has 5 heterocycles. The monoisotopic (exact) mass is 534 g/mol. The molecule has 7 nitrogen and oxygen atoms in total. The van der Waals surface area contributed by atoms with Crippen molar-refractivity contribution in [3.63, 3.8) is 0 Å². The number of aromatic nitrogens is 1. The number of hydrogen-bond donors (Lipinski definition) is 0. The van der Waals surface area contributed by atoms with Gasteiger partial charge < -0.3 is 18.3 Å². The third-order valence-electron chi connectivity index (χ3n) is 8.76. The average Bonchev–Trinajstić information content (AvgIpc) is 3.27. The second-order valence-electron chi connectivity index (χ2n) is 11.2. The maximum Gasteiger partial charge on any atom is 0.339 e. The molecule has 40 heavy (non-hydrogen) atoms. The van der Waals surface area contributed by atoms with Crippen molar-refractivity contribution in [2.45, 2.75) is 45.6 Å². The number of furan rings is 1. The van der Waals surface area contributed by atoms with Gasteiger partial charge in [-0.2, -0.15) is 0 Å². The van der Waals surface area contributed by atoms with Crippen molar-refractivity contribution < 1.29 is 13.6 Å². The Balaban J connectivity index is 1.17. The highest BCUT2D eigenvalue weighted by atomic mass is 16.4. The molecule has 7 heteroatoms. The SMILES string of the molecule is Cc1oc2cc3oc(=O)c(CCC(=O)N4CC5C[C@H](C4)Cn4c5cccc4=O)c(C)c3cc2c1-c1ccccc1. The minimum Gasteiger partial charge on any atom is -0.461 e. The molecule has 5 aromatic rings. The lowest BCUT2D eigenvalue weighted by molar-refractivity contribution is -0.133. The summed E-state index contributed by atoms with van der Waals surface area (Å²) in [7, 11) is 0. The fraction of sp³-hybridized carbons (Fsp3) is 0.303. The molecule has 2 aliphatic rings. The molecule has 2 bridgehead atoms. The maximum absolute atomic E-state index is 13.4. The molecule has 7 rings (SSSR count).